The summed E-state index contributed by atoms with van der Waals surface area (Å²) in [5.74, 6) is 0.727. The molecule has 5 rings (SSSR count). The second-order valence-corrected chi connectivity index (χ2v) is 10.4. The van der Waals surface area contributed by atoms with Gasteiger partial charge >= 0.3 is 18.2 Å². The summed E-state index contributed by atoms with van der Waals surface area (Å²) >= 11 is 0. The largest absolute Gasteiger partial charge is 0.389 e. The number of carbonyl (C=O) groups excluding carboxylic acids is 2. The van der Waals surface area contributed by atoms with Gasteiger partial charge in [-0.15, -0.1) is 0 Å². The number of halogens is 3. The first-order valence-corrected chi connectivity index (χ1v) is 13.2. The Morgan fingerprint density at radius 1 is 1.08 bits per heavy atom. The zero-order valence-electron chi connectivity index (χ0n) is 22.1. The number of morpholine rings is 1. The van der Waals surface area contributed by atoms with Crippen LogP contribution in [0.5, 0.6) is 0 Å². The average Bonchev–Trinajstić information content (AvgIpc) is 3.50. The van der Waals surface area contributed by atoms with E-state index in [4.69, 9.17) is 9.72 Å². The molecule has 3 aliphatic rings. The van der Waals surface area contributed by atoms with Gasteiger partial charge in [-0.05, 0) is 60.2 Å². The Kier molecular flexibility index (Phi) is 7.57. The van der Waals surface area contributed by atoms with E-state index in [1.165, 1.54) is 4.90 Å². The Balaban J connectivity index is 1.40. The Morgan fingerprint density at radius 3 is 2.51 bits per heavy atom. The molecule has 1 N–H and O–H groups in total. The number of rotatable bonds is 5. The normalized spacial score (nSPS) is 20.2. The Hall–Kier alpha value is -3.54. The van der Waals surface area contributed by atoms with Crippen LogP contribution in [0.15, 0.2) is 30.3 Å². The van der Waals surface area contributed by atoms with Gasteiger partial charge in [-0.3, -0.25) is 4.90 Å². The number of anilines is 3. The molecule has 0 bridgehead atoms. The zero-order chi connectivity index (χ0) is 27.7. The highest BCUT2D eigenvalue weighted by Crippen LogP contribution is 2.34. The van der Waals surface area contributed by atoms with Crippen molar-refractivity contribution in [2.24, 2.45) is 5.92 Å². The molecule has 1 aromatic carbocycles. The molecule has 3 fully saturated rings. The van der Waals surface area contributed by atoms with E-state index in [0.29, 0.717) is 63.9 Å². The molecule has 3 saturated heterocycles. The van der Waals surface area contributed by atoms with Crippen LogP contribution in [0.2, 0.25) is 0 Å². The number of alkyl halides is 3. The van der Waals surface area contributed by atoms with E-state index >= 15 is 0 Å². The standard InChI is InChI=1S/C27H33F3N6O3/c1-18-3-4-21(31-25(37)35-6-5-19(17-35)16-27(28,29)30)15-22(18)20-13-23(34-9-11-39-12-10-34)32-24(14-20)36-8-7-33(2)26(36)38/h3-4,13-15,19H,5-12,16-17H2,1-2H3,(H,31,37)/t19-/m0/s1. The number of hydrogen-bond acceptors (Lipinski definition) is 5. The van der Waals surface area contributed by atoms with Crippen molar-refractivity contribution >= 4 is 29.4 Å². The van der Waals surface area contributed by atoms with Crippen molar-refractivity contribution in [3.05, 3.63) is 35.9 Å². The highest BCUT2D eigenvalue weighted by molar-refractivity contribution is 5.94. The quantitative estimate of drug-likeness (QED) is 0.594. The minimum absolute atomic E-state index is 0.0823. The van der Waals surface area contributed by atoms with Crippen LogP contribution in [0, 0.1) is 12.8 Å². The summed E-state index contributed by atoms with van der Waals surface area (Å²) in [4.78, 5) is 37.4. The fourth-order valence-corrected chi connectivity index (χ4v) is 5.33. The molecule has 0 saturated carbocycles. The number of benzene rings is 1. The topological polar surface area (TPSA) is 81.2 Å². The number of ether oxygens (including phenoxy) is 1. The van der Waals surface area contributed by atoms with Crippen LogP contribution in [0.1, 0.15) is 18.4 Å². The number of nitrogens with zero attached hydrogens (tertiary/aromatic N) is 5. The summed E-state index contributed by atoms with van der Waals surface area (Å²) in [6.45, 7) is 6.04. The van der Waals surface area contributed by atoms with Gasteiger partial charge in [0.1, 0.15) is 11.6 Å². The number of urea groups is 2. The van der Waals surface area contributed by atoms with E-state index < -0.39 is 24.5 Å². The molecule has 4 heterocycles. The molecule has 210 valence electrons. The van der Waals surface area contributed by atoms with E-state index in [1.807, 2.05) is 31.2 Å². The Bertz CT molecular complexity index is 1230. The smallest absolute Gasteiger partial charge is 0.378 e. The van der Waals surface area contributed by atoms with Crippen LogP contribution in [-0.2, 0) is 4.74 Å². The van der Waals surface area contributed by atoms with Gasteiger partial charge in [-0.25, -0.2) is 14.6 Å². The van der Waals surface area contributed by atoms with Crippen molar-refractivity contribution in [3.63, 3.8) is 0 Å². The van der Waals surface area contributed by atoms with Gasteiger partial charge in [0.15, 0.2) is 0 Å². The van der Waals surface area contributed by atoms with Crippen LogP contribution < -0.4 is 15.1 Å². The summed E-state index contributed by atoms with van der Waals surface area (Å²) in [6.07, 6.45) is -4.78. The molecule has 2 aromatic rings. The molecule has 0 aliphatic carbocycles. The summed E-state index contributed by atoms with van der Waals surface area (Å²) in [7, 11) is 1.76. The first kappa shape index (κ1) is 27.0. The summed E-state index contributed by atoms with van der Waals surface area (Å²) in [6, 6.07) is 8.88. The first-order chi connectivity index (χ1) is 18.6. The van der Waals surface area contributed by atoms with Crippen LogP contribution in [0.25, 0.3) is 11.1 Å². The third kappa shape index (κ3) is 6.21. The third-order valence-electron chi connectivity index (χ3n) is 7.52. The summed E-state index contributed by atoms with van der Waals surface area (Å²) in [5.41, 5.74) is 3.23. The maximum atomic E-state index is 12.9. The second-order valence-electron chi connectivity index (χ2n) is 10.4. The number of aromatic nitrogens is 1. The third-order valence-corrected chi connectivity index (χ3v) is 7.52. The molecule has 0 unspecified atom stereocenters. The Labute approximate surface area is 225 Å². The fourth-order valence-electron chi connectivity index (χ4n) is 5.33. The van der Waals surface area contributed by atoms with E-state index in [0.717, 1.165) is 22.5 Å². The molecule has 4 amide bonds. The minimum Gasteiger partial charge on any atom is -0.378 e. The molecular weight excluding hydrogens is 513 g/mol. The molecule has 12 heteroatoms. The maximum absolute atomic E-state index is 12.9. The van der Waals surface area contributed by atoms with Gasteiger partial charge in [-0.1, -0.05) is 6.07 Å². The fraction of sp³-hybridized carbons (Fsp3) is 0.519. The highest BCUT2D eigenvalue weighted by atomic mass is 19.4. The lowest BCUT2D eigenvalue weighted by atomic mass is 10.00. The van der Waals surface area contributed by atoms with Gasteiger partial charge in [0.2, 0.25) is 0 Å². The molecule has 3 aliphatic heterocycles. The van der Waals surface area contributed by atoms with Crippen molar-refractivity contribution in [2.45, 2.75) is 25.9 Å². The van der Waals surface area contributed by atoms with E-state index in [-0.39, 0.29) is 12.6 Å². The number of nitrogens with one attached hydrogen (secondary N) is 1. The van der Waals surface area contributed by atoms with Gasteiger partial charge < -0.3 is 24.8 Å². The average molecular weight is 547 g/mol. The number of amides is 4. The molecule has 0 spiro atoms. The number of hydrogen-bond donors (Lipinski definition) is 1. The number of carbonyl (C=O) groups is 2. The summed E-state index contributed by atoms with van der Waals surface area (Å²) < 4.78 is 43.9. The van der Waals surface area contributed by atoms with Gasteiger partial charge in [0, 0.05) is 58.4 Å². The highest BCUT2D eigenvalue weighted by Gasteiger charge is 2.36. The minimum atomic E-state index is -4.23. The van der Waals surface area contributed by atoms with E-state index in [9.17, 15) is 22.8 Å². The lowest BCUT2D eigenvalue weighted by Gasteiger charge is -2.29. The van der Waals surface area contributed by atoms with E-state index in [2.05, 4.69) is 10.2 Å². The lowest BCUT2D eigenvalue weighted by molar-refractivity contribution is -0.143. The predicted molar refractivity (Wildman–Crippen MR) is 142 cm³/mol. The molecule has 0 radical (unpaired) electrons. The van der Waals surface area contributed by atoms with Crippen molar-refractivity contribution in [1.82, 2.24) is 14.8 Å². The van der Waals surface area contributed by atoms with Crippen molar-refractivity contribution in [3.8, 4) is 11.1 Å². The monoisotopic (exact) mass is 546 g/mol. The van der Waals surface area contributed by atoms with E-state index in [1.54, 1.807) is 22.9 Å². The number of likely N-dealkylation sites (tertiary alicyclic amines) is 1. The van der Waals surface area contributed by atoms with Gasteiger partial charge in [0.05, 0.1) is 13.2 Å². The predicted octanol–water partition coefficient (Wildman–Crippen LogP) is 4.57. The Morgan fingerprint density at radius 2 is 1.82 bits per heavy atom. The van der Waals surface area contributed by atoms with Crippen LogP contribution in [-0.4, -0.2) is 92.6 Å². The summed E-state index contributed by atoms with van der Waals surface area (Å²) in [5, 5.41) is 2.86. The van der Waals surface area contributed by atoms with Crippen molar-refractivity contribution in [2.75, 3.05) is 74.6 Å². The van der Waals surface area contributed by atoms with Crippen LogP contribution >= 0.6 is 0 Å². The molecule has 39 heavy (non-hydrogen) atoms. The molecule has 1 aromatic heterocycles. The SMILES string of the molecule is Cc1ccc(NC(=O)N2CC[C@@H](CC(F)(F)F)C2)cc1-c1cc(N2CCOCC2)nc(N2CCN(C)C2=O)c1. The second kappa shape index (κ2) is 10.9. The molecular formula is C27H33F3N6O3. The van der Waals surface area contributed by atoms with Gasteiger partial charge in [0.25, 0.3) is 0 Å². The number of likely N-dealkylation sites (N-methyl/N-ethyl adjacent to an activating group) is 1. The lowest BCUT2D eigenvalue weighted by Crippen LogP contribution is -2.37. The van der Waals surface area contributed by atoms with Crippen molar-refractivity contribution < 1.29 is 27.5 Å². The first-order valence-electron chi connectivity index (χ1n) is 13.2. The number of aryl methyl sites for hydroxylation is 1. The maximum Gasteiger partial charge on any atom is 0.389 e. The van der Waals surface area contributed by atoms with Gasteiger partial charge in [-0.2, -0.15) is 13.2 Å². The number of pyridine rings is 1. The molecule has 1 atom stereocenters. The van der Waals surface area contributed by atoms with Crippen LogP contribution in [0.4, 0.5) is 40.1 Å². The zero-order valence-corrected chi connectivity index (χ0v) is 22.1. The van der Waals surface area contributed by atoms with Crippen LogP contribution in [0.3, 0.4) is 0 Å². The van der Waals surface area contributed by atoms with Crippen molar-refractivity contribution in [1.29, 1.82) is 0 Å². The molecule has 9 nitrogen and oxygen atoms in total.